The van der Waals surface area contributed by atoms with Crippen LogP contribution in [0.4, 0.5) is 5.69 Å². The van der Waals surface area contributed by atoms with E-state index >= 15 is 0 Å². The Hall–Kier alpha value is -2.04. The minimum Gasteiger partial charge on any atom is -0.508 e. The Balaban J connectivity index is 1.37. The summed E-state index contributed by atoms with van der Waals surface area (Å²) in [6, 6.07) is 15.5. The number of methoxy groups -OCH3 is 2. The van der Waals surface area contributed by atoms with Crippen LogP contribution in [0.15, 0.2) is 42.5 Å². The number of hydrogen-bond donors (Lipinski definition) is 1. The lowest BCUT2D eigenvalue weighted by Gasteiger charge is -2.43. The molecule has 0 amide bonds. The molecule has 172 valence electrons. The summed E-state index contributed by atoms with van der Waals surface area (Å²) < 4.78 is 11.0. The first-order chi connectivity index (χ1) is 15.6. The molecule has 32 heavy (non-hydrogen) atoms. The van der Waals surface area contributed by atoms with Crippen molar-refractivity contribution in [2.45, 2.75) is 63.6 Å². The van der Waals surface area contributed by atoms with Crippen LogP contribution < -0.4 is 4.90 Å². The highest BCUT2D eigenvalue weighted by Crippen LogP contribution is 2.58. The van der Waals surface area contributed by atoms with E-state index in [0.717, 1.165) is 32.4 Å². The number of phenolic OH excluding ortho intramolecular Hbond substituents is 1. The van der Waals surface area contributed by atoms with E-state index in [-0.39, 0.29) is 6.29 Å². The molecule has 1 spiro atoms. The topological polar surface area (TPSA) is 41.9 Å². The van der Waals surface area contributed by atoms with Crippen LogP contribution in [0.2, 0.25) is 0 Å². The second-order valence-electron chi connectivity index (χ2n) is 10.1. The van der Waals surface area contributed by atoms with Crippen LogP contribution in [0.1, 0.15) is 67.6 Å². The van der Waals surface area contributed by atoms with Gasteiger partial charge in [-0.05, 0) is 84.9 Å². The van der Waals surface area contributed by atoms with E-state index in [0.29, 0.717) is 23.0 Å². The van der Waals surface area contributed by atoms with Crippen LogP contribution in [0.25, 0.3) is 0 Å². The molecule has 0 aromatic heterocycles. The summed E-state index contributed by atoms with van der Waals surface area (Å²) in [5, 5.41) is 10.0. The van der Waals surface area contributed by atoms with Gasteiger partial charge >= 0.3 is 0 Å². The maximum Gasteiger partial charge on any atom is 0.159 e. The number of anilines is 1. The van der Waals surface area contributed by atoms with E-state index in [1.54, 1.807) is 14.2 Å². The number of phenols is 1. The number of fused-ring (bicyclic) bond motifs is 1. The molecule has 4 heteroatoms. The van der Waals surface area contributed by atoms with Crippen LogP contribution in [0.3, 0.4) is 0 Å². The van der Waals surface area contributed by atoms with Gasteiger partial charge in [0.05, 0.1) is 0 Å². The van der Waals surface area contributed by atoms with Gasteiger partial charge in [0.1, 0.15) is 5.75 Å². The Kier molecular flexibility index (Phi) is 6.18. The molecule has 2 aromatic carbocycles. The van der Waals surface area contributed by atoms with Crippen molar-refractivity contribution < 1.29 is 14.6 Å². The number of rotatable bonds is 5. The highest BCUT2D eigenvalue weighted by atomic mass is 16.7. The number of aromatic hydroxyl groups is 1. The highest BCUT2D eigenvalue weighted by molar-refractivity contribution is 5.52. The molecule has 3 aliphatic rings. The standard InChI is InChI=1S/C28H37NO3/c1-31-27(32-2)21-12-17-29(18-13-21)23-7-5-20(6-8-23)26-25-10-9-24(30)19-22(25)11-16-28(26)14-3-4-15-28/h5-10,19,21,26-27,30H,3-4,11-18H2,1-2H3. The Morgan fingerprint density at radius 1 is 0.938 bits per heavy atom. The quantitative estimate of drug-likeness (QED) is 0.597. The monoisotopic (exact) mass is 435 g/mol. The molecule has 1 aliphatic heterocycles. The zero-order valence-corrected chi connectivity index (χ0v) is 19.6. The van der Waals surface area contributed by atoms with Gasteiger partial charge < -0.3 is 19.5 Å². The summed E-state index contributed by atoms with van der Waals surface area (Å²) in [6.07, 6.45) is 9.78. The smallest absolute Gasteiger partial charge is 0.159 e. The van der Waals surface area contributed by atoms with E-state index in [1.807, 2.05) is 12.1 Å². The molecule has 5 rings (SSSR count). The average molecular weight is 436 g/mol. The zero-order valence-electron chi connectivity index (χ0n) is 19.6. The van der Waals surface area contributed by atoms with E-state index < -0.39 is 0 Å². The van der Waals surface area contributed by atoms with Gasteiger partial charge in [0.15, 0.2) is 6.29 Å². The number of hydrogen-bond acceptors (Lipinski definition) is 4. The summed E-state index contributed by atoms with van der Waals surface area (Å²) in [4.78, 5) is 2.50. The van der Waals surface area contributed by atoms with Crippen molar-refractivity contribution in [3.8, 4) is 5.75 Å². The van der Waals surface area contributed by atoms with Crippen molar-refractivity contribution in [1.82, 2.24) is 0 Å². The summed E-state index contributed by atoms with van der Waals surface area (Å²) in [7, 11) is 3.47. The molecule has 1 atom stereocenters. The predicted octanol–water partition coefficient (Wildman–Crippen LogP) is 5.87. The third-order valence-electron chi connectivity index (χ3n) is 8.52. The lowest BCUT2D eigenvalue weighted by molar-refractivity contribution is -0.141. The van der Waals surface area contributed by atoms with Crippen molar-refractivity contribution >= 4 is 5.69 Å². The second kappa shape index (κ2) is 9.07. The summed E-state index contributed by atoms with van der Waals surface area (Å²) >= 11 is 0. The molecule has 1 saturated carbocycles. The zero-order chi connectivity index (χ0) is 22.1. The van der Waals surface area contributed by atoms with Crippen molar-refractivity contribution in [2.75, 3.05) is 32.2 Å². The van der Waals surface area contributed by atoms with Crippen LogP contribution in [0, 0.1) is 11.3 Å². The first-order valence-corrected chi connectivity index (χ1v) is 12.4. The lowest BCUT2D eigenvalue weighted by atomic mass is 9.60. The molecule has 0 bridgehead atoms. The van der Waals surface area contributed by atoms with Crippen LogP contribution in [-0.2, 0) is 15.9 Å². The summed E-state index contributed by atoms with van der Waals surface area (Å²) in [6.45, 7) is 2.09. The van der Waals surface area contributed by atoms with E-state index in [4.69, 9.17) is 9.47 Å². The number of aryl methyl sites for hydroxylation is 1. The van der Waals surface area contributed by atoms with Gasteiger partial charge in [-0.1, -0.05) is 31.0 Å². The summed E-state index contributed by atoms with van der Waals surface area (Å²) in [5.41, 5.74) is 5.93. The Morgan fingerprint density at radius 2 is 1.62 bits per heavy atom. The average Bonchev–Trinajstić information content (AvgIpc) is 3.29. The second-order valence-corrected chi connectivity index (χ2v) is 10.1. The molecule has 2 fully saturated rings. The van der Waals surface area contributed by atoms with Crippen LogP contribution >= 0.6 is 0 Å². The third kappa shape index (κ3) is 3.92. The molecule has 2 aromatic rings. The molecule has 2 aliphatic carbocycles. The Bertz CT molecular complexity index is 907. The van der Waals surface area contributed by atoms with Gasteiger partial charge in [0.2, 0.25) is 0 Å². The van der Waals surface area contributed by atoms with E-state index in [9.17, 15) is 5.11 Å². The number of ether oxygens (including phenoxy) is 2. The number of piperidine rings is 1. The van der Waals surface area contributed by atoms with Crippen molar-refractivity contribution in [3.05, 3.63) is 59.2 Å². The maximum atomic E-state index is 10.0. The normalized spacial score (nSPS) is 23.1. The SMILES string of the molecule is COC(OC)C1CCN(c2ccc(C3c4ccc(O)cc4CCC34CCCC4)cc2)CC1. The molecule has 4 nitrogen and oxygen atoms in total. The molecule has 1 saturated heterocycles. The molecule has 0 radical (unpaired) electrons. The predicted molar refractivity (Wildman–Crippen MR) is 128 cm³/mol. The first kappa shape index (κ1) is 21.8. The molecule has 1 heterocycles. The maximum absolute atomic E-state index is 10.0. The van der Waals surface area contributed by atoms with Crippen LogP contribution in [0.5, 0.6) is 5.75 Å². The van der Waals surface area contributed by atoms with Gasteiger partial charge in [-0.15, -0.1) is 0 Å². The largest absolute Gasteiger partial charge is 0.508 e. The van der Waals surface area contributed by atoms with Gasteiger partial charge in [-0.3, -0.25) is 0 Å². The minimum absolute atomic E-state index is 0.0899. The molecular formula is C28H37NO3. The minimum atomic E-state index is -0.0899. The molecule has 1 unspecified atom stereocenters. The Morgan fingerprint density at radius 3 is 2.28 bits per heavy atom. The third-order valence-corrected chi connectivity index (χ3v) is 8.52. The molecular weight excluding hydrogens is 398 g/mol. The van der Waals surface area contributed by atoms with Crippen molar-refractivity contribution in [3.63, 3.8) is 0 Å². The molecule has 1 N–H and O–H groups in total. The number of nitrogens with zero attached hydrogens (tertiary/aromatic N) is 1. The summed E-state index contributed by atoms with van der Waals surface area (Å²) in [5.74, 6) is 1.31. The van der Waals surface area contributed by atoms with Gasteiger partial charge in [-0.2, -0.15) is 0 Å². The van der Waals surface area contributed by atoms with Crippen LogP contribution in [-0.4, -0.2) is 38.7 Å². The van der Waals surface area contributed by atoms with E-state index in [2.05, 4.69) is 35.2 Å². The number of benzene rings is 2. The van der Waals surface area contributed by atoms with Gasteiger partial charge in [-0.25, -0.2) is 0 Å². The lowest BCUT2D eigenvalue weighted by Crippen LogP contribution is -2.39. The first-order valence-electron chi connectivity index (χ1n) is 12.4. The van der Waals surface area contributed by atoms with E-state index in [1.165, 1.54) is 54.5 Å². The fourth-order valence-electron chi connectivity index (χ4n) is 6.89. The van der Waals surface area contributed by atoms with Crippen molar-refractivity contribution in [2.24, 2.45) is 11.3 Å². The highest BCUT2D eigenvalue weighted by Gasteiger charge is 2.45. The fraction of sp³-hybridized carbons (Fsp3) is 0.571. The van der Waals surface area contributed by atoms with Crippen molar-refractivity contribution in [1.29, 1.82) is 0 Å². The van der Waals surface area contributed by atoms with Gasteiger partial charge in [0.25, 0.3) is 0 Å². The Labute approximate surface area is 192 Å². The fourth-order valence-corrected chi connectivity index (χ4v) is 6.89. The van der Waals surface area contributed by atoms with Gasteiger partial charge in [0, 0.05) is 44.8 Å².